The highest BCUT2D eigenvalue weighted by molar-refractivity contribution is 5.95. The number of nitrogens with one attached hydrogen (secondary N) is 7. The Kier molecular flexibility index (Phi) is 43.4. The van der Waals surface area contributed by atoms with Gasteiger partial charge in [-0.25, -0.2) is 14.0 Å². The van der Waals surface area contributed by atoms with E-state index in [9.17, 15) is 84.3 Å². The third-order valence-electron chi connectivity index (χ3n) is 21.6. The zero-order valence-electron chi connectivity index (χ0n) is 71.8. The van der Waals surface area contributed by atoms with Gasteiger partial charge in [0.15, 0.2) is 0 Å². The molecule has 43 nitrogen and oxygen atoms in total. The SMILES string of the molecule is O=C(O)CCCCCCCCCCC(=O)NC(COCCC(=O)NCCCCNC(=O)c1cccc(OCc2cn([C@H]3CO[C@H](CO)[C@H](O)[C@@H]3O)nn2)c1)(COCCC(=O)NCCCCNC(=O)c1cccc(OCc2cn([C@H]3CO[C@H](CO)[C@H](O)[C@@H]3O)nn2)c1)COCCC(=O)NCCCCNC(=O)c1cccc(OCc2cn([C@H]3CO[C@H](CO)[C@H](O)[C@@H]3O)nn2)c1. The van der Waals surface area contributed by atoms with Crippen molar-refractivity contribution >= 4 is 47.3 Å². The number of aromatic nitrogens is 9. The van der Waals surface area contributed by atoms with Gasteiger partial charge in [-0.3, -0.25) is 38.4 Å². The monoisotopic (exact) mass is 1800 g/mol. The minimum absolute atomic E-state index is 0.00993. The summed E-state index contributed by atoms with van der Waals surface area (Å²) in [5.41, 5.74) is 0.822. The van der Waals surface area contributed by atoms with Crippen LogP contribution in [0.1, 0.15) is 188 Å². The standard InChI is InChI=1S/C85H124N16O27/c102-44-68-79(114)76(111)65(50-126-68)99-41-59(93-96-99)47-123-62-21-15-18-56(38-62)82(117)89-32-12-9-29-86-71(105)26-35-120-53-85(92-74(108)24-7-5-3-1-2-4-6-8-25-75(109)110,54-121-36-27-72(106)87-30-10-13-33-90-83(118)57-19-16-22-63(39-57)124-48-60-42-100(97-94-60)66-51-127-69(45-103)80(115)77(66)112)55-122-37-28-73(107)88-31-11-14-34-91-84(119)58-20-17-23-64(40-58)125-49-61-43-101(98-95-61)67-52-128-70(46-104)81(116)78(67)113/h15-23,38-43,65-70,76-81,102-104,111-116H,1-14,24-37,44-55H2,(H,86,105)(H,87,106)(H,88,107)(H,89,117)(H,90,118)(H,91,119)(H,92,108)(H,109,110)/t65-,66-,67-,68+,69+,70+,76+,77+,78+,79-,80-,81-/m0/s1. The van der Waals surface area contributed by atoms with Crippen LogP contribution in [0.25, 0.3) is 0 Å². The summed E-state index contributed by atoms with van der Waals surface area (Å²) in [6.07, 6.45) is 3.56. The predicted octanol–water partition coefficient (Wildman–Crippen LogP) is -0.500. The van der Waals surface area contributed by atoms with Crippen LogP contribution in [0.2, 0.25) is 0 Å². The number of carbonyl (C=O) groups excluding carboxylic acids is 7. The molecule has 3 aliphatic rings. The molecule has 7 amide bonds. The fraction of sp³-hybridized carbons (Fsp3) is 0.624. The maximum Gasteiger partial charge on any atom is 0.303 e. The van der Waals surface area contributed by atoms with Crippen LogP contribution < -0.4 is 51.4 Å². The van der Waals surface area contributed by atoms with Crippen molar-refractivity contribution in [2.24, 2.45) is 0 Å². The molecular weight excluding hydrogens is 1680 g/mol. The van der Waals surface area contributed by atoms with Gasteiger partial charge in [0.1, 0.15) is 133 Å². The molecule has 0 unspecified atom stereocenters. The lowest BCUT2D eigenvalue weighted by Gasteiger charge is -2.36. The smallest absolute Gasteiger partial charge is 0.303 e. The van der Waals surface area contributed by atoms with Crippen LogP contribution in [0.4, 0.5) is 0 Å². The Hall–Kier alpha value is -10.4. The Labute approximate surface area is 739 Å². The second-order valence-electron chi connectivity index (χ2n) is 31.7. The summed E-state index contributed by atoms with van der Waals surface area (Å²) in [6.45, 7) is -0.683. The number of rotatable bonds is 60. The lowest BCUT2D eigenvalue weighted by molar-refractivity contribution is -0.171. The van der Waals surface area contributed by atoms with E-state index in [2.05, 4.69) is 68.2 Å². The molecule has 9 rings (SSSR count). The Morgan fingerprint density at radius 2 is 0.672 bits per heavy atom. The van der Waals surface area contributed by atoms with Gasteiger partial charge in [0, 0.05) is 88.1 Å². The number of unbranched alkanes of at least 4 members (excludes halogenated alkanes) is 10. The molecule has 0 aliphatic carbocycles. The van der Waals surface area contributed by atoms with E-state index in [0.29, 0.717) is 122 Å². The number of carboxylic acid groups (broad SMARTS) is 1. The van der Waals surface area contributed by atoms with Crippen molar-refractivity contribution in [3.63, 3.8) is 0 Å². The van der Waals surface area contributed by atoms with E-state index in [1.807, 2.05) is 0 Å². The molecule has 17 N–H and O–H groups in total. The highest BCUT2D eigenvalue weighted by Crippen LogP contribution is 2.29. The quantitative estimate of drug-likeness (QED) is 0.0214. The number of aliphatic carboxylic acids is 1. The molecule has 6 heterocycles. The first-order valence-electron chi connectivity index (χ1n) is 43.6. The number of aliphatic hydroxyl groups excluding tert-OH is 9. The molecule has 128 heavy (non-hydrogen) atoms. The molecule has 3 aromatic heterocycles. The Bertz CT molecular complexity index is 3980. The Balaban J connectivity index is 0.720. The van der Waals surface area contributed by atoms with Crippen molar-refractivity contribution in [1.82, 2.24) is 82.2 Å². The van der Waals surface area contributed by atoms with E-state index in [0.717, 1.165) is 38.5 Å². The maximum atomic E-state index is 14.0. The first-order chi connectivity index (χ1) is 62.0. The Morgan fingerprint density at radius 3 is 0.977 bits per heavy atom. The third kappa shape index (κ3) is 33.9. The van der Waals surface area contributed by atoms with E-state index in [-0.39, 0.29) is 172 Å². The van der Waals surface area contributed by atoms with Crippen LogP contribution in [0.5, 0.6) is 17.2 Å². The maximum absolute atomic E-state index is 14.0. The summed E-state index contributed by atoms with van der Waals surface area (Å²) in [7, 11) is 0. The number of benzene rings is 3. The van der Waals surface area contributed by atoms with Gasteiger partial charge < -0.3 is 131 Å². The average molecular weight is 1800 g/mol. The van der Waals surface area contributed by atoms with Crippen LogP contribution in [-0.2, 0) is 72.2 Å². The topological polar surface area (TPSA) is 598 Å². The molecule has 0 saturated carbocycles. The fourth-order valence-electron chi connectivity index (χ4n) is 14.2. The summed E-state index contributed by atoms with van der Waals surface area (Å²) in [5, 5.41) is 145. The predicted molar refractivity (Wildman–Crippen MR) is 451 cm³/mol. The number of nitrogens with zero attached hydrogens (tertiary/aromatic N) is 9. The minimum atomic E-state index is -1.40. The summed E-state index contributed by atoms with van der Waals surface area (Å²) >= 11 is 0. The van der Waals surface area contributed by atoms with Crippen LogP contribution in [0.15, 0.2) is 91.4 Å². The van der Waals surface area contributed by atoms with Crippen molar-refractivity contribution in [3.8, 4) is 17.2 Å². The molecule has 0 spiro atoms. The number of carbonyl (C=O) groups is 8. The highest BCUT2D eigenvalue weighted by atomic mass is 16.5. The number of ether oxygens (including phenoxy) is 9. The minimum Gasteiger partial charge on any atom is -0.487 e. The lowest BCUT2D eigenvalue weighted by Crippen LogP contribution is -2.58. The highest BCUT2D eigenvalue weighted by Gasteiger charge is 2.43. The second-order valence-corrected chi connectivity index (χ2v) is 31.7. The molecule has 3 saturated heterocycles. The van der Waals surface area contributed by atoms with Gasteiger partial charge >= 0.3 is 5.97 Å². The largest absolute Gasteiger partial charge is 0.487 e. The molecule has 0 radical (unpaired) electrons. The lowest BCUT2D eigenvalue weighted by atomic mass is 9.98. The number of amides is 7. The molecule has 43 heteroatoms. The van der Waals surface area contributed by atoms with Crippen LogP contribution in [-0.4, -0.2) is 322 Å². The summed E-state index contributed by atoms with van der Waals surface area (Å²) in [5.74, 6) is -2.08. The van der Waals surface area contributed by atoms with Crippen molar-refractivity contribution < 1.29 is 132 Å². The van der Waals surface area contributed by atoms with E-state index in [1.165, 1.54) is 14.0 Å². The van der Waals surface area contributed by atoms with Crippen molar-refractivity contribution in [3.05, 3.63) is 125 Å². The number of aliphatic hydroxyl groups is 9. The molecule has 706 valence electrons. The van der Waals surface area contributed by atoms with E-state index >= 15 is 0 Å². The van der Waals surface area contributed by atoms with Gasteiger partial charge in [-0.1, -0.05) is 72.4 Å². The first kappa shape index (κ1) is 101. The molecule has 12 atom stereocenters. The summed E-state index contributed by atoms with van der Waals surface area (Å²) in [6, 6.07) is 17.4. The fourth-order valence-corrected chi connectivity index (χ4v) is 14.2. The zero-order valence-corrected chi connectivity index (χ0v) is 71.8. The summed E-state index contributed by atoms with van der Waals surface area (Å²) < 4.78 is 56.6. The first-order valence-corrected chi connectivity index (χ1v) is 43.6. The van der Waals surface area contributed by atoms with Gasteiger partial charge in [0.05, 0.1) is 97.9 Å². The van der Waals surface area contributed by atoms with Gasteiger partial charge in [-0.15, -0.1) is 15.3 Å². The molecule has 0 bridgehead atoms. The number of hydrogen-bond acceptors (Lipinski definition) is 32. The van der Waals surface area contributed by atoms with Gasteiger partial charge in [-0.2, -0.15) is 0 Å². The second kappa shape index (κ2) is 54.8. The van der Waals surface area contributed by atoms with Gasteiger partial charge in [-0.05, 0) is 106 Å². The van der Waals surface area contributed by atoms with Crippen LogP contribution >= 0.6 is 0 Å². The Morgan fingerprint density at radius 1 is 0.375 bits per heavy atom. The van der Waals surface area contributed by atoms with Crippen molar-refractivity contribution in [2.75, 3.05) is 119 Å². The molecule has 3 aromatic carbocycles. The van der Waals surface area contributed by atoms with Gasteiger partial charge in [0.25, 0.3) is 17.7 Å². The van der Waals surface area contributed by atoms with E-state index in [1.54, 1.807) is 91.4 Å². The average Bonchev–Trinajstić information content (AvgIpc) is 1.62. The normalized spacial score (nSPS) is 20.5. The van der Waals surface area contributed by atoms with Crippen molar-refractivity contribution in [1.29, 1.82) is 0 Å². The summed E-state index contributed by atoms with van der Waals surface area (Å²) in [4.78, 5) is 104. The van der Waals surface area contributed by atoms with E-state index in [4.69, 9.17) is 47.7 Å². The molecule has 6 aromatic rings. The molecular formula is C85H124N16O27. The molecule has 3 fully saturated rings. The molecule has 3 aliphatic heterocycles. The number of carboxylic acids is 1. The zero-order chi connectivity index (χ0) is 91.4. The third-order valence-corrected chi connectivity index (χ3v) is 21.6. The van der Waals surface area contributed by atoms with Gasteiger partial charge in [0.2, 0.25) is 23.6 Å². The number of hydrogen-bond donors (Lipinski definition) is 17. The van der Waals surface area contributed by atoms with Crippen LogP contribution in [0, 0.1) is 0 Å². The van der Waals surface area contributed by atoms with Crippen molar-refractivity contribution in [2.45, 2.75) is 220 Å². The van der Waals surface area contributed by atoms with Crippen LogP contribution in [0.3, 0.4) is 0 Å². The van der Waals surface area contributed by atoms with E-state index < -0.39 is 104 Å².